The van der Waals surface area contributed by atoms with Gasteiger partial charge < -0.3 is 5.11 Å². The summed E-state index contributed by atoms with van der Waals surface area (Å²) in [6.07, 6.45) is 6.60. The van der Waals surface area contributed by atoms with Crippen molar-refractivity contribution in [2.45, 2.75) is 38.0 Å². The van der Waals surface area contributed by atoms with Gasteiger partial charge in [0, 0.05) is 5.56 Å². The summed E-state index contributed by atoms with van der Waals surface area (Å²) in [5.74, 6) is 4.66. The number of aromatic hydroxyl groups is 1. The molecule has 26 heavy (non-hydrogen) atoms. The molecule has 0 aliphatic heterocycles. The van der Waals surface area contributed by atoms with Gasteiger partial charge >= 0.3 is 0 Å². The molecule has 0 saturated heterocycles. The number of hydrogen-bond acceptors (Lipinski definition) is 3. The lowest BCUT2D eigenvalue weighted by Crippen LogP contribution is -2.13. The van der Waals surface area contributed by atoms with Gasteiger partial charge in [-0.3, -0.25) is 0 Å². The Morgan fingerprint density at radius 3 is 2.19 bits per heavy atom. The van der Waals surface area contributed by atoms with Crippen LogP contribution in [0.4, 0.5) is 0 Å². The summed E-state index contributed by atoms with van der Waals surface area (Å²) < 4.78 is 0. The van der Waals surface area contributed by atoms with E-state index in [1.807, 2.05) is 25.1 Å². The van der Waals surface area contributed by atoms with Crippen LogP contribution in [0.1, 0.15) is 31.9 Å². The molecule has 0 saturated carbocycles. The number of aryl methyl sites for hydroxylation is 1. The van der Waals surface area contributed by atoms with E-state index in [2.05, 4.69) is 67.7 Å². The highest BCUT2D eigenvalue weighted by Crippen LogP contribution is 2.54. The minimum absolute atomic E-state index is 0.165. The fraction of sp³-hybridized carbons (Fsp3) is 0.381. The quantitative estimate of drug-likeness (QED) is 0.661. The van der Waals surface area contributed by atoms with Crippen LogP contribution in [-0.4, -0.2) is 44.7 Å². The van der Waals surface area contributed by atoms with Crippen molar-refractivity contribution in [2.75, 3.05) is 18.8 Å². The fourth-order valence-corrected chi connectivity index (χ4v) is 4.08. The van der Waals surface area contributed by atoms with Crippen LogP contribution in [0.5, 0.6) is 5.75 Å². The van der Waals surface area contributed by atoms with Crippen LogP contribution in [0, 0.1) is 6.92 Å². The van der Waals surface area contributed by atoms with E-state index in [0.717, 1.165) is 22.2 Å². The van der Waals surface area contributed by atoms with Crippen molar-refractivity contribution in [1.82, 2.24) is 15.0 Å². The molecule has 1 N–H and O–H groups in total. The maximum atomic E-state index is 10.8. The molecule has 0 unspecified atom stereocenters. The first-order chi connectivity index (χ1) is 11.7. The second-order valence-corrected chi connectivity index (χ2v) is 15.6. The first-order valence-electron chi connectivity index (χ1n) is 8.65. The van der Waals surface area contributed by atoms with Crippen LogP contribution in [0.2, 0.25) is 0 Å². The SMILES string of the molecule is C=S(C)(C)(C)c1ccc2nn(-c3cc(C)cc(C(C)(C)C)c3O)nc2c1. The number of benzene rings is 2. The molecule has 0 aliphatic rings. The summed E-state index contributed by atoms with van der Waals surface area (Å²) in [7, 11) is -1.87. The lowest BCUT2D eigenvalue weighted by Gasteiger charge is -2.35. The van der Waals surface area contributed by atoms with Gasteiger partial charge in [0.2, 0.25) is 0 Å². The van der Waals surface area contributed by atoms with Gasteiger partial charge in [-0.05, 0) is 65.8 Å². The van der Waals surface area contributed by atoms with E-state index in [4.69, 9.17) is 0 Å². The van der Waals surface area contributed by atoms with Crippen LogP contribution in [0.15, 0.2) is 35.2 Å². The largest absolute Gasteiger partial charge is 0.505 e. The average molecular weight is 372 g/mol. The van der Waals surface area contributed by atoms with Gasteiger partial charge in [0.05, 0.1) is 0 Å². The Morgan fingerprint density at radius 1 is 1.00 bits per heavy atom. The lowest BCUT2D eigenvalue weighted by molar-refractivity contribution is 0.440. The fourth-order valence-electron chi connectivity index (χ4n) is 2.96. The molecule has 1 heterocycles. The molecule has 0 aliphatic carbocycles. The molecule has 0 amide bonds. The van der Waals surface area contributed by atoms with Gasteiger partial charge in [-0.1, -0.05) is 32.7 Å². The minimum atomic E-state index is -1.87. The minimum Gasteiger partial charge on any atom is -0.505 e. The van der Waals surface area contributed by atoms with Gasteiger partial charge in [-0.25, -0.2) is 8.75 Å². The average Bonchev–Trinajstić information content (AvgIpc) is 2.89. The molecule has 2 aromatic carbocycles. The molecule has 0 radical (unpaired) electrons. The van der Waals surface area contributed by atoms with Crippen LogP contribution in [0.25, 0.3) is 16.7 Å². The van der Waals surface area contributed by atoms with Crippen LogP contribution in [0.3, 0.4) is 0 Å². The Morgan fingerprint density at radius 2 is 1.62 bits per heavy atom. The van der Waals surface area contributed by atoms with Crippen molar-refractivity contribution in [3.05, 3.63) is 41.5 Å². The van der Waals surface area contributed by atoms with E-state index in [1.165, 1.54) is 4.90 Å². The molecule has 0 fully saturated rings. The van der Waals surface area contributed by atoms with Gasteiger partial charge in [-0.2, -0.15) is 0 Å². The Balaban J connectivity index is 2.21. The van der Waals surface area contributed by atoms with E-state index in [9.17, 15) is 5.11 Å². The molecule has 3 rings (SSSR count). The van der Waals surface area contributed by atoms with Gasteiger partial charge in [0.1, 0.15) is 22.5 Å². The van der Waals surface area contributed by atoms with Crippen LogP contribution in [-0.2, 0) is 5.41 Å². The summed E-state index contributed by atoms with van der Waals surface area (Å²) in [4.78, 5) is 2.74. The number of nitrogens with zero attached hydrogens (tertiary/aromatic N) is 3. The molecule has 1 aromatic heterocycles. The van der Waals surface area contributed by atoms with Crippen molar-refractivity contribution in [3.63, 3.8) is 0 Å². The van der Waals surface area contributed by atoms with Crippen LogP contribution < -0.4 is 0 Å². The molecule has 0 atom stereocenters. The Bertz CT molecular complexity index is 1070. The predicted molar refractivity (Wildman–Crippen MR) is 115 cm³/mol. The molecule has 0 bridgehead atoms. The number of rotatable bonds is 2. The molecule has 3 aromatic rings. The zero-order valence-corrected chi connectivity index (χ0v) is 17.6. The third-order valence-electron chi connectivity index (χ3n) is 4.48. The molecule has 140 valence electrons. The summed E-state index contributed by atoms with van der Waals surface area (Å²) in [6, 6.07) is 10.1. The Hall–Kier alpha value is -2.14. The molecular weight excluding hydrogens is 342 g/mol. The number of hydrogen-bond donors (Lipinski definition) is 1. The van der Waals surface area contributed by atoms with Crippen molar-refractivity contribution < 1.29 is 5.11 Å². The van der Waals surface area contributed by atoms with E-state index in [-0.39, 0.29) is 11.2 Å². The highest BCUT2D eigenvalue weighted by Gasteiger charge is 2.23. The number of fused-ring (bicyclic) bond motifs is 1. The van der Waals surface area contributed by atoms with E-state index in [1.54, 1.807) is 4.80 Å². The van der Waals surface area contributed by atoms with Crippen molar-refractivity contribution in [3.8, 4) is 11.4 Å². The topological polar surface area (TPSA) is 50.9 Å². The third-order valence-corrected chi connectivity index (χ3v) is 6.48. The standard InChI is InChI=1S/C21H29N3OS/c1-14-11-16(21(2,3)4)20(25)19(12-14)24-22-17-10-9-15(13-18(17)23-24)26(5,6,7)8/h9-13,25H,5H2,1-4,6-8H3. The molecular formula is C21H29N3OS. The summed E-state index contributed by atoms with van der Waals surface area (Å²) in [5.41, 5.74) is 4.04. The third kappa shape index (κ3) is 3.40. The summed E-state index contributed by atoms with van der Waals surface area (Å²) >= 11 is 0. The first-order valence-corrected chi connectivity index (χ1v) is 12.1. The summed E-state index contributed by atoms with van der Waals surface area (Å²) in [6.45, 7) is 8.29. The van der Waals surface area contributed by atoms with Gasteiger partial charge in [0.25, 0.3) is 0 Å². The summed E-state index contributed by atoms with van der Waals surface area (Å²) in [5, 5.41) is 20.1. The highest BCUT2D eigenvalue weighted by atomic mass is 32.3. The van der Waals surface area contributed by atoms with E-state index >= 15 is 0 Å². The molecule has 0 spiro atoms. The molecule has 5 heteroatoms. The predicted octanol–water partition coefficient (Wildman–Crippen LogP) is 4.75. The van der Waals surface area contributed by atoms with Crippen molar-refractivity contribution in [1.29, 1.82) is 0 Å². The van der Waals surface area contributed by atoms with Crippen molar-refractivity contribution in [2.24, 2.45) is 0 Å². The van der Waals surface area contributed by atoms with Crippen LogP contribution >= 0.6 is 8.75 Å². The maximum absolute atomic E-state index is 10.8. The smallest absolute Gasteiger partial charge is 0.146 e. The molecule has 4 nitrogen and oxygen atoms in total. The zero-order valence-electron chi connectivity index (χ0n) is 16.8. The van der Waals surface area contributed by atoms with Crippen molar-refractivity contribution >= 4 is 25.7 Å². The second kappa shape index (κ2) is 5.43. The second-order valence-electron chi connectivity index (χ2n) is 9.42. The number of phenols is 1. The van der Waals surface area contributed by atoms with E-state index in [0.29, 0.717) is 5.69 Å². The highest BCUT2D eigenvalue weighted by molar-refractivity contribution is 8.45. The number of phenolic OH excluding ortho intramolecular Hbond substituents is 1. The normalized spacial score (nSPS) is 14.3. The lowest BCUT2D eigenvalue weighted by atomic mass is 9.85. The zero-order chi connectivity index (χ0) is 19.5. The Kier molecular flexibility index (Phi) is 3.89. The first kappa shape index (κ1) is 18.6. The monoisotopic (exact) mass is 371 g/mol. The maximum Gasteiger partial charge on any atom is 0.146 e. The number of aromatic nitrogens is 3. The van der Waals surface area contributed by atoms with Gasteiger partial charge in [-0.15, -0.1) is 15.0 Å². The van der Waals surface area contributed by atoms with Gasteiger partial charge in [0.15, 0.2) is 0 Å². The Labute approximate surface area is 155 Å². The van der Waals surface area contributed by atoms with E-state index < -0.39 is 8.75 Å².